The second-order valence-corrected chi connectivity index (χ2v) is 3.57. The van der Waals surface area contributed by atoms with Crippen LogP contribution >= 0.6 is 24.8 Å². The predicted molar refractivity (Wildman–Crippen MR) is 58.6 cm³/mol. The summed E-state index contributed by atoms with van der Waals surface area (Å²) in [5.41, 5.74) is 0. The van der Waals surface area contributed by atoms with Gasteiger partial charge in [-0.25, -0.2) is 0 Å². The van der Waals surface area contributed by atoms with Gasteiger partial charge in [0.25, 0.3) is 0 Å². The number of nitrogens with zero attached hydrogens (tertiary/aromatic N) is 1. The van der Waals surface area contributed by atoms with Crippen LogP contribution in [0.15, 0.2) is 0 Å². The van der Waals surface area contributed by atoms with Crippen LogP contribution in [0.1, 0.15) is 13.8 Å². The Balaban J connectivity index is 0. The van der Waals surface area contributed by atoms with Gasteiger partial charge >= 0.3 is 0 Å². The molecule has 1 fully saturated rings. The van der Waals surface area contributed by atoms with Crippen molar-refractivity contribution >= 4 is 24.8 Å². The molecular weight excluding hydrogens is 195 g/mol. The summed E-state index contributed by atoms with van der Waals surface area (Å²) in [7, 11) is 2.19. The molecule has 0 aromatic rings. The summed E-state index contributed by atoms with van der Waals surface area (Å²) < 4.78 is 0. The lowest BCUT2D eigenvalue weighted by Crippen LogP contribution is -2.51. The molecule has 12 heavy (non-hydrogen) atoms. The fraction of sp³-hybridized carbons (Fsp3) is 1.00. The van der Waals surface area contributed by atoms with E-state index in [2.05, 4.69) is 31.1 Å². The first-order valence-electron chi connectivity index (χ1n) is 4.12. The number of hydrogen-bond acceptors (Lipinski definition) is 2. The summed E-state index contributed by atoms with van der Waals surface area (Å²) in [6, 6.07) is 0.707. The van der Waals surface area contributed by atoms with Crippen LogP contribution in [0.25, 0.3) is 0 Å². The third kappa shape index (κ3) is 4.51. The summed E-state index contributed by atoms with van der Waals surface area (Å²) in [6.45, 7) is 8.11. The Hall–Kier alpha value is 0.500. The molecule has 1 saturated heterocycles. The average Bonchev–Trinajstić information content (AvgIpc) is 1.88. The molecule has 76 valence electrons. The van der Waals surface area contributed by atoms with Crippen LogP contribution in [0.3, 0.4) is 0 Å². The second-order valence-electron chi connectivity index (χ2n) is 3.57. The van der Waals surface area contributed by atoms with Crippen LogP contribution in [-0.4, -0.2) is 37.6 Å². The Bertz CT molecular complexity index is 109. The van der Waals surface area contributed by atoms with E-state index in [0.717, 1.165) is 12.5 Å². The zero-order chi connectivity index (χ0) is 7.56. The molecule has 0 amide bonds. The summed E-state index contributed by atoms with van der Waals surface area (Å²) in [5, 5.41) is 3.51. The van der Waals surface area contributed by atoms with Crippen molar-refractivity contribution in [2.75, 3.05) is 26.7 Å². The van der Waals surface area contributed by atoms with Crippen molar-refractivity contribution in [2.24, 2.45) is 5.92 Å². The molecule has 0 aliphatic carbocycles. The van der Waals surface area contributed by atoms with Gasteiger partial charge in [0.05, 0.1) is 0 Å². The number of piperazine rings is 1. The molecule has 0 radical (unpaired) electrons. The number of hydrogen-bond donors (Lipinski definition) is 1. The highest BCUT2D eigenvalue weighted by atomic mass is 35.5. The van der Waals surface area contributed by atoms with Gasteiger partial charge in [0, 0.05) is 25.7 Å². The van der Waals surface area contributed by atoms with Gasteiger partial charge in [-0.15, -0.1) is 24.8 Å². The maximum absolute atomic E-state index is 3.51. The van der Waals surface area contributed by atoms with E-state index in [1.54, 1.807) is 0 Å². The maximum atomic E-state index is 3.51. The quantitative estimate of drug-likeness (QED) is 0.711. The van der Waals surface area contributed by atoms with E-state index in [9.17, 15) is 0 Å². The molecule has 0 spiro atoms. The minimum absolute atomic E-state index is 0. The molecule has 1 heterocycles. The van der Waals surface area contributed by atoms with E-state index in [-0.39, 0.29) is 24.8 Å². The molecule has 4 heteroatoms. The lowest BCUT2D eigenvalue weighted by atomic mass is 10.0. The summed E-state index contributed by atoms with van der Waals surface area (Å²) >= 11 is 0. The summed E-state index contributed by atoms with van der Waals surface area (Å²) in [4.78, 5) is 2.39. The fourth-order valence-corrected chi connectivity index (χ4v) is 1.38. The second kappa shape index (κ2) is 6.96. The third-order valence-electron chi connectivity index (χ3n) is 2.21. The van der Waals surface area contributed by atoms with Gasteiger partial charge in [-0.2, -0.15) is 0 Å². The Morgan fingerprint density at radius 3 is 2.25 bits per heavy atom. The predicted octanol–water partition coefficient (Wildman–Crippen LogP) is 1.39. The van der Waals surface area contributed by atoms with Crippen LogP contribution in [0.4, 0.5) is 0 Å². The number of nitrogens with one attached hydrogen (secondary N) is 1. The molecule has 1 atom stereocenters. The van der Waals surface area contributed by atoms with Crippen LogP contribution < -0.4 is 5.32 Å². The van der Waals surface area contributed by atoms with E-state index >= 15 is 0 Å². The number of likely N-dealkylation sites (N-methyl/N-ethyl adjacent to an activating group) is 1. The smallest absolute Gasteiger partial charge is 0.0218 e. The first-order chi connectivity index (χ1) is 4.70. The minimum Gasteiger partial charge on any atom is -0.311 e. The fourth-order valence-electron chi connectivity index (χ4n) is 1.38. The van der Waals surface area contributed by atoms with E-state index in [0.29, 0.717) is 6.04 Å². The maximum Gasteiger partial charge on any atom is 0.0218 e. The lowest BCUT2D eigenvalue weighted by Gasteiger charge is -2.33. The summed E-state index contributed by atoms with van der Waals surface area (Å²) in [6.07, 6.45) is 0. The molecule has 2 nitrogen and oxygen atoms in total. The Morgan fingerprint density at radius 2 is 1.92 bits per heavy atom. The first-order valence-corrected chi connectivity index (χ1v) is 4.12. The van der Waals surface area contributed by atoms with Gasteiger partial charge in [0.2, 0.25) is 0 Å². The summed E-state index contributed by atoms with van der Waals surface area (Å²) in [5.74, 6) is 0.766. The van der Waals surface area contributed by atoms with Crippen LogP contribution in [0.2, 0.25) is 0 Å². The zero-order valence-electron chi connectivity index (χ0n) is 8.04. The molecule has 1 unspecified atom stereocenters. The largest absolute Gasteiger partial charge is 0.311 e. The van der Waals surface area contributed by atoms with E-state index < -0.39 is 0 Å². The van der Waals surface area contributed by atoms with Crippen molar-refractivity contribution in [2.45, 2.75) is 19.9 Å². The Kier molecular flexibility index (Phi) is 8.69. The van der Waals surface area contributed by atoms with Gasteiger partial charge < -0.3 is 10.2 Å². The minimum atomic E-state index is 0. The molecule has 0 bridgehead atoms. The van der Waals surface area contributed by atoms with Gasteiger partial charge in [-0.05, 0) is 13.0 Å². The number of halogens is 2. The number of rotatable bonds is 1. The molecule has 1 aliphatic heterocycles. The van der Waals surface area contributed by atoms with Crippen LogP contribution in [-0.2, 0) is 0 Å². The molecule has 0 aromatic heterocycles. The van der Waals surface area contributed by atoms with E-state index in [1.807, 2.05) is 0 Å². The first kappa shape index (κ1) is 15.0. The van der Waals surface area contributed by atoms with E-state index in [1.165, 1.54) is 13.1 Å². The standard InChI is InChI=1S/C8H18N2.2ClH/c1-7(2)8-6-10(3)5-4-9-8;;/h7-9H,4-6H2,1-3H3;2*1H. The zero-order valence-corrected chi connectivity index (χ0v) is 9.67. The third-order valence-corrected chi connectivity index (χ3v) is 2.21. The SMILES string of the molecule is CC(C)C1CN(C)CCN1.Cl.Cl. The van der Waals surface area contributed by atoms with E-state index in [4.69, 9.17) is 0 Å². The van der Waals surface area contributed by atoms with Gasteiger partial charge in [0.15, 0.2) is 0 Å². The molecule has 1 N–H and O–H groups in total. The van der Waals surface area contributed by atoms with Crippen LogP contribution in [0, 0.1) is 5.92 Å². The van der Waals surface area contributed by atoms with Crippen molar-refractivity contribution in [1.82, 2.24) is 10.2 Å². The van der Waals surface area contributed by atoms with Crippen molar-refractivity contribution in [1.29, 1.82) is 0 Å². The Morgan fingerprint density at radius 1 is 1.33 bits per heavy atom. The molecule has 0 aromatic carbocycles. The molecule has 1 rings (SSSR count). The lowest BCUT2D eigenvalue weighted by molar-refractivity contribution is 0.207. The highest BCUT2D eigenvalue weighted by Gasteiger charge is 2.18. The average molecular weight is 215 g/mol. The van der Waals surface area contributed by atoms with Gasteiger partial charge in [0.1, 0.15) is 0 Å². The van der Waals surface area contributed by atoms with Crippen molar-refractivity contribution in [3.8, 4) is 0 Å². The van der Waals surface area contributed by atoms with Gasteiger partial charge in [-0.3, -0.25) is 0 Å². The normalized spacial score (nSPS) is 24.5. The molecular formula is C8H20Cl2N2. The topological polar surface area (TPSA) is 15.3 Å². The monoisotopic (exact) mass is 214 g/mol. The molecule has 1 aliphatic rings. The van der Waals surface area contributed by atoms with Crippen LogP contribution in [0.5, 0.6) is 0 Å². The highest BCUT2D eigenvalue weighted by molar-refractivity contribution is 5.85. The highest BCUT2D eigenvalue weighted by Crippen LogP contribution is 2.05. The van der Waals surface area contributed by atoms with Crippen molar-refractivity contribution < 1.29 is 0 Å². The Labute approximate surface area is 87.9 Å². The van der Waals surface area contributed by atoms with Crippen molar-refractivity contribution in [3.63, 3.8) is 0 Å². The van der Waals surface area contributed by atoms with Crippen molar-refractivity contribution in [3.05, 3.63) is 0 Å². The van der Waals surface area contributed by atoms with Gasteiger partial charge in [-0.1, -0.05) is 13.8 Å². The molecule has 0 saturated carbocycles.